The number of thioether (sulfide) groups is 1. The zero-order valence-electron chi connectivity index (χ0n) is 15.5. The molecule has 2 aromatic heterocycles. The van der Waals surface area contributed by atoms with E-state index >= 15 is 0 Å². The summed E-state index contributed by atoms with van der Waals surface area (Å²) in [5, 5.41) is 10.3. The number of para-hydroxylation sites is 1. The molecule has 0 aliphatic carbocycles. The second kappa shape index (κ2) is 7.04. The highest BCUT2D eigenvalue weighted by Crippen LogP contribution is 2.26. The van der Waals surface area contributed by atoms with E-state index in [0.29, 0.717) is 5.75 Å². The zero-order valence-corrected chi connectivity index (χ0v) is 16.3. The quantitative estimate of drug-likeness (QED) is 0.410. The van der Waals surface area contributed by atoms with Gasteiger partial charge in [0.15, 0.2) is 16.8 Å². The summed E-state index contributed by atoms with van der Waals surface area (Å²) in [7, 11) is 1.93. The fraction of sp³-hybridized carbons (Fsp3) is 0.190. The first-order chi connectivity index (χ1) is 13.0. The van der Waals surface area contributed by atoms with Crippen molar-refractivity contribution in [2.24, 2.45) is 7.05 Å². The molecule has 136 valence electrons. The van der Waals surface area contributed by atoms with E-state index in [9.17, 15) is 4.79 Å². The Morgan fingerprint density at radius 1 is 1.07 bits per heavy atom. The lowest BCUT2D eigenvalue weighted by atomic mass is 10.1. The van der Waals surface area contributed by atoms with Crippen LogP contribution in [0.2, 0.25) is 0 Å². The molecule has 0 bridgehead atoms. The van der Waals surface area contributed by atoms with Crippen molar-refractivity contribution in [3.05, 3.63) is 65.4 Å². The topological polar surface area (TPSA) is 63.6 Å². The van der Waals surface area contributed by atoms with Gasteiger partial charge in [0.05, 0.1) is 5.75 Å². The van der Waals surface area contributed by atoms with Crippen LogP contribution >= 0.6 is 11.8 Å². The molecule has 0 aliphatic rings. The van der Waals surface area contributed by atoms with Gasteiger partial charge in [-0.25, -0.2) is 0 Å². The SMILES string of the molecule is Cc1ccc(-c2nnc(SCC(=O)c3c(C)[nH]c4ccccc34)n2C)cc1. The number of hydrogen-bond acceptors (Lipinski definition) is 4. The molecule has 0 radical (unpaired) electrons. The minimum absolute atomic E-state index is 0.0924. The summed E-state index contributed by atoms with van der Waals surface area (Å²) in [5.41, 5.74) is 4.87. The summed E-state index contributed by atoms with van der Waals surface area (Å²) in [6, 6.07) is 16.1. The standard InChI is InChI=1S/C21H20N4OS/c1-13-8-10-15(11-9-13)20-23-24-21(25(20)3)27-12-18(26)19-14(2)22-17-7-5-4-6-16(17)19/h4-11,22H,12H2,1-3H3. The smallest absolute Gasteiger partial charge is 0.191 e. The van der Waals surface area contributed by atoms with E-state index in [-0.39, 0.29) is 5.78 Å². The monoisotopic (exact) mass is 376 g/mol. The van der Waals surface area contributed by atoms with Crippen LogP contribution in [0.3, 0.4) is 0 Å². The predicted octanol–water partition coefficient (Wildman–Crippen LogP) is 4.56. The molecule has 27 heavy (non-hydrogen) atoms. The number of nitrogens with zero attached hydrogens (tertiary/aromatic N) is 3. The van der Waals surface area contributed by atoms with Gasteiger partial charge in [0.25, 0.3) is 0 Å². The van der Waals surface area contributed by atoms with Gasteiger partial charge < -0.3 is 9.55 Å². The van der Waals surface area contributed by atoms with Gasteiger partial charge in [0.2, 0.25) is 0 Å². The number of benzene rings is 2. The molecule has 0 unspecified atom stereocenters. The van der Waals surface area contributed by atoms with E-state index in [2.05, 4.69) is 34.2 Å². The van der Waals surface area contributed by atoms with E-state index in [1.807, 2.05) is 54.9 Å². The van der Waals surface area contributed by atoms with Crippen molar-refractivity contribution in [3.8, 4) is 11.4 Å². The number of ketones is 1. The van der Waals surface area contributed by atoms with Crippen LogP contribution in [-0.4, -0.2) is 31.3 Å². The number of hydrogen-bond donors (Lipinski definition) is 1. The van der Waals surface area contributed by atoms with Crippen LogP contribution in [0.15, 0.2) is 53.7 Å². The first kappa shape index (κ1) is 17.5. The van der Waals surface area contributed by atoms with E-state index in [0.717, 1.165) is 38.7 Å². The summed E-state index contributed by atoms with van der Waals surface area (Å²) in [5.74, 6) is 1.21. The second-order valence-corrected chi connectivity index (χ2v) is 7.56. The number of aryl methyl sites for hydroxylation is 2. The molecule has 6 heteroatoms. The van der Waals surface area contributed by atoms with Crippen LogP contribution in [0.4, 0.5) is 0 Å². The Morgan fingerprint density at radius 2 is 1.81 bits per heavy atom. The molecular formula is C21H20N4OS. The molecule has 5 nitrogen and oxygen atoms in total. The van der Waals surface area contributed by atoms with Crippen molar-refractivity contribution >= 4 is 28.4 Å². The van der Waals surface area contributed by atoms with E-state index in [1.54, 1.807) is 0 Å². The van der Waals surface area contributed by atoms with Crippen molar-refractivity contribution in [2.45, 2.75) is 19.0 Å². The Labute approximate surface area is 161 Å². The van der Waals surface area contributed by atoms with Gasteiger partial charge in [-0.2, -0.15) is 0 Å². The van der Waals surface area contributed by atoms with E-state index in [1.165, 1.54) is 17.3 Å². The molecule has 0 spiro atoms. The van der Waals surface area contributed by atoms with Gasteiger partial charge in [0, 0.05) is 34.8 Å². The minimum Gasteiger partial charge on any atom is -0.358 e. The van der Waals surface area contributed by atoms with Gasteiger partial charge in [-0.15, -0.1) is 10.2 Å². The maximum absolute atomic E-state index is 12.8. The highest BCUT2D eigenvalue weighted by atomic mass is 32.2. The molecule has 2 heterocycles. The van der Waals surface area contributed by atoms with Crippen LogP contribution in [0.1, 0.15) is 21.6 Å². The molecule has 1 N–H and O–H groups in total. The van der Waals surface area contributed by atoms with Crippen LogP contribution in [0.5, 0.6) is 0 Å². The predicted molar refractivity (Wildman–Crippen MR) is 109 cm³/mol. The lowest BCUT2D eigenvalue weighted by molar-refractivity contribution is 0.102. The highest BCUT2D eigenvalue weighted by Gasteiger charge is 2.18. The third-order valence-corrected chi connectivity index (χ3v) is 5.67. The molecule has 0 atom stereocenters. The van der Waals surface area contributed by atoms with Gasteiger partial charge in [-0.05, 0) is 19.9 Å². The maximum atomic E-state index is 12.8. The number of rotatable bonds is 5. The molecule has 0 aliphatic heterocycles. The Hall–Kier alpha value is -2.86. The molecule has 0 amide bonds. The van der Waals surface area contributed by atoms with Gasteiger partial charge in [0.1, 0.15) is 0 Å². The zero-order chi connectivity index (χ0) is 19.0. The van der Waals surface area contributed by atoms with Crippen molar-refractivity contribution in [1.82, 2.24) is 19.7 Å². The van der Waals surface area contributed by atoms with Crippen LogP contribution in [0, 0.1) is 13.8 Å². The number of aromatic amines is 1. The summed E-state index contributed by atoms with van der Waals surface area (Å²) >= 11 is 1.42. The van der Waals surface area contributed by atoms with Crippen molar-refractivity contribution in [1.29, 1.82) is 0 Å². The van der Waals surface area contributed by atoms with Crippen molar-refractivity contribution < 1.29 is 4.79 Å². The largest absolute Gasteiger partial charge is 0.358 e. The molecule has 4 aromatic rings. The number of nitrogens with one attached hydrogen (secondary N) is 1. The Bertz CT molecular complexity index is 1130. The van der Waals surface area contributed by atoms with Crippen LogP contribution in [0.25, 0.3) is 22.3 Å². The second-order valence-electron chi connectivity index (χ2n) is 6.61. The fourth-order valence-corrected chi connectivity index (χ4v) is 4.02. The van der Waals surface area contributed by atoms with Gasteiger partial charge >= 0.3 is 0 Å². The first-order valence-electron chi connectivity index (χ1n) is 8.74. The lowest BCUT2D eigenvalue weighted by Gasteiger charge is -2.04. The number of carbonyl (C=O) groups excluding carboxylic acids is 1. The number of aromatic nitrogens is 4. The third-order valence-electron chi connectivity index (χ3n) is 4.65. The number of fused-ring (bicyclic) bond motifs is 1. The van der Waals surface area contributed by atoms with Crippen molar-refractivity contribution in [2.75, 3.05) is 5.75 Å². The number of H-pyrrole nitrogens is 1. The average molecular weight is 376 g/mol. The molecule has 2 aromatic carbocycles. The Kier molecular flexibility index (Phi) is 4.58. The van der Waals surface area contributed by atoms with E-state index < -0.39 is 0 Å². The Morgan fingerprint density at radius 3 is 2.59 bits per heavy atom. The Balaban J connectivity index is 1.54. The normalized spacial score (nSPS) is 11.2. The van der Waals surface area contributed by atoms with Gasteiger partial charge in [-0.3, -0.25) is 4.79 Å². The summed E-state index contributed by atoms with van der Waals surface area (Å²) in [6.07, 6.45) is 0. The average Bonchev–Trinajstić information content (AvgIpc) is 3.19. The molecule has 4 rings (SSSR count). The number of carbonyl (C=O) groups is 1. The molecular weight excluding hydrogens is 356 g/mol. The molecule has 0 saturated carbocycles. The molecule has 0 saturated heterocycles. The highest BCUT2D eigenvalue weighted by molar-refractivity contribution is 7.99. The maximum Gasteiger partial charge on any atom is 0.191 e. The minimum atomic E-state index is 0.0924. The van der Waals surface area contributed by atoms with Crippen LogP contribution < -0.4 is 0 Å². The van der Waals surface area contributed by atoms with E-state index in [4.69, 9.17) is 0 Å². The van der Waals surface area contributed by atoms with Gasteiger partial charge in [-0.1, -0.05) is 59.8 Å². The van der Waals surface area contributed by atoms with Crippen molar-refractivity contribution in [3.63, 3.8) is 0 Å². The number of Topliss-reactive ketones (excluding diaryl/α,β-unsaturated/α-hetero) is 1. The first-order valence-corrected chi connectivity index (χ1v) is 9.73. The van der Waals surface area contributed by atoms with Crippen LogP contribution in [-0.2, 0) is 7.05 Å². The summed E-state index contributed by atoms with van der Waals surface area (Å²) in [6.45, 7) is 4.00. The lowest BCUT2D eigenvalue weighted by Crippen LogP contribution is -2.05. The fourth-order valence-electron chi connectivity index (χ4n) is 3.23. The summed E-state index contributed by atoms with van der Waals surface area (Å²) < 4.78 is 1.94. The third kappa shape index (κ3) is 3.28. The molecule has 0 fully saturated rings. The summed E-state index contributed by atoms with van der Waals surface area (Å²) in [4.78, 5) is 16.1.